The first kappa shape index (κ1) is 12.3. The third kappa shape index (κ3) is 4.05. The molecule has 1 atom stereocenters. The molecule has 1 unspecified atom stereocenters. The molecular weight excluding hydrogens is 182 g/mol. The van der Waals surface area contributed by atoms with E-state index < -0.39 is 0 Å². The molecular formula is C14H23N. The van der Waals surface area contributed by atoms with Gasteiger partial charge in [0.05, 0.1) is 0 Å². The third-order valence-corrected chi connectivity index (χ3v) is 3.00. The van der Waals surface area contributed by atoms with E-state index in [1.807, 2.05) is 0 Å². The van der Waals surface area contributed by atoms with Crippen LogP contribution >= 0.6 is 0 Å². The minimum absolute atomic E-state index is 0.641. The molecule has 1 aromatic carbocycles. The molecule has 0 heterocycles. The van der Waals surface area contributed by atoms with Gasteiger partial charge in [-0.3, -0.25) is 0 Å². The second-order valence-electron chi connectivity index (χ2n) is 4.28. The maximum Gasteiger partial charge on any atom is -0.00458 e. The summed E-state index contributed by atoms with van der Waals surface area (Å²) >= 11 is 0. The van der Waals surface area contributed by atoms with Gasteiger partial charge in [-0.2, -0.15) is 0 Å². The maximum absolute atomic E-state index is 5.71. The molecule has 0 bridgehead atoms. The topological polar surface area (TPSA) is 26.0 Å². The minimum Gasteiger partial charge on any atom is -0.330 e. The molecule has 15 heavy (non-hydrogen) atoms. The van der Waals surface area contributed by atoms with Gasteiger partial charge in [0.2, 0.25) is 0 Å². The Hall–Kier alpha value is -0.820. The predicted molar refractivity (Wildman–Crippen MR) is 67.0 cm³/mol. The molecule has 0 fully saturated rings. The summed E-state index contributed by atoms with van der Waals surface area (Å²) in [5.74, 6) is 0.641. The number of hydrogen-bond donors (Lipinski definition) is 1. The van der Waals surface area contributed by atoms with Crippen molar-refractivity contribution in [1.82, 2.24) is 0 Å². The lowest BCUT2D eigenvalue weighted by molar-refractivity contribution is 0.519. The van der Waals surface area contributed by atoms with E-state index in [2.05, 4.69) is 38.1 Å². The highest BCUT2D eigenvalue weighted by Crippen LogP contribution is 2.13. The van der Waals surface area contributed by atoms with Gasteiger partial charge in [0.15, 0.2) is 0 Å². The number of rotatable bonds is 6. The van der Waals surface area contributed by atoms with Crippen LogP contribution < -0.4 is 5.73 Å². The molecule has 0 saturated heterocycles. The van der Waals surface area contributed by atoms with E-state index in [-0.39, 0.29) is 0 Å². The lowest BCUT2D eigenvalue weighted by atomic mass is 9.96. The van der Waals surface area contributed by atoms with Crippen LogP contribution in [0.5, 0.6) is 0 Å². The normalized spacial score (nSPS) is 12.7. The maximum atomic E-state index is 5.71. The van der Waals surface area contributed by atoms with E-state index in [0.29, 0.717) is 5.92 Å². The molecule has 1 nitrogen and oxygen atoms in total. The molecule has 0 spiro atoms. The van der Waals surface area contributed by atoms with Crippen molar-refractivity contribution in [3.63, 3.8) is 0 Å². The number of hydrogen-bond acceptors (Lipinski definition) is 1. The van der Waals surface area contributed by atoms with E-state index >= 15 is 0 Å². The Morgan fingerprint density at radius 2 is 1.67 bits per heavy atom. The van der Waals surface area contributed by atoms with Crippen molar-refractivity contribution in [2.75, 3.05) is 6.54 Å². The van der Waals surface area contributed by atoms with E-state index in [1.54, 1.807) is 0 Å². The van der Waals surface area contributed by atoms with E-state index in [0.717, 1.165) is 13.0 Å². The summed E-state index contributed by atoms with van der Waals surface area (Å²) in [6.45, 7) is 5.23. The molecule has 0 aliphatic carbocycles. The fourth-order valence-corrected chi connectivity index (χ4v) is 1.86. The largest absolute Gasteiger partial charge is 0.330 e. The van der Waals surface area contributed by atoms with Crippen LogP contribution in [-0.2, 0) is 12.8 Å². The van der Waals surface area contributed by atoms with Crippen molar-refractivity contribution < 1.29 is 0 Å². The number of nitrogens with two attached hydrogens (primary N) is 1. The highest BCUT2D eigenvalue weighted by Gasteiger charge is 2.04. The lowest BCUT2D eigenvalue weighted by Gasteiger charge is -2.12. The monoisotopic (exact) mass is 205 g/mol. The van der Waals surface area contributed by atoms with Crippen LogP contribution in [0.25, 0.3) is 0 Å². The molecule has 0 saturated carbocycles. The van der Waals surface area contributed by atoms with Gasteiger partial charge >= 0.3 is 0 Å². The molecule has 1 heteroatoms. The highest BCUT2D eigenvalue weighted by molar-refractivity contribution is 5.23. The molecule has 0 radical (unpaired) electrons. The van der Waals surface area contributed by atoms with Crippen molar-refractivity contribution in [1.29, 1.82) is 0 Å². The van der Waals surface area contributed by atoms with Gasteiger partial charge in [-0.1, -0.05) is 51.0 Å². The van der Waals surface area contributed by atoms with Gasteiger partial charge in [0.25, 0.3) is 0 Å². The van der Waals surface area contributed by atoms with E-state index in [9.17, 15) is 0 Å². The average Bonchev–Trinajstić information content (AvgIpc) is 2.28. The van der Waals surface area contributed by atoms with Crippen molar-refractivity contribution in [2.45, 2.75) is 39.5 Å². The Bertz CT molecular complexity index is 259. The minimum atomic E-state index is 0.641. The standard InChI is InChI=1S/C14H23N/c1-3-5-13-6-8-14(9-7-13)10-12(4-2)11-15/h6-9,12H,3-5,10-11,15H2,1-2H3. The second-order valence-corrected chi connectivity index (χ2v) is 4.28. The molecule has 0 amide bonds. The summed E-state index contributed by atoms with van der Waals surface area (Å²) in [6, 6.07) is 9.01. The zero-order valence-corrected chi connectivity index (χ0v) is 10.00. The lowest BCUT2D eigenvalue weighted by Crippen LogP contribution is -2.15. The Morgan fingerprint density at radius 1 is 1.07 bits per heavy atom. The Morgan fingerprint density at radius 3 is 2.13 bits per heavy atom. The molecule has 0 aliphatic heterocycles. The van der Waals surface area contributed by atoms with E-state index in [1.165, 1.54) is 30.4 Å². The highest BCUT2D eigenvalue weighted by atomic mass is 14.5. The van der Waals surface area contributed by atoms with Gasteiger partial charge in [0, 0.05) is 0 Å². The van der Waals surface area contributed by atoms with Gasteiger partial charge < -0.3 is 5.73 Å². The van der Waals surface area contributed by atoms with Gasteiger partial charge in [-0.05, 0) is 36.4 Å². The summed E-state index contributed by atoms with van der Waals surface area (Å²) in [7, 11) is 0. The van der Waals surface area contributed by atoms with Crippen LogP contribution in [-0.4, -0.2) is 6.54 Å². The van der Waals surface area contributed by atoms with Crippen molar-refractivity contribution >= 4 is 0 Å². The fourth-order valence-electron chi connectivity index (χ4n) is 1.86. The first-order valence-electron chi connectivity index (χ1n) is 6.08. The SMILES string of the molecule is CCCc1ccc(CC(CC)CN)cc1. The van der Waals surface area contributed by atoms with Gasteiger partial charge in [-0.15, -0.1) is 0 Å². The van der Waals surface area contributed by atoms with Crippen LogP contribution in [0.15, 0.2) is 24.3 Å². The zero-order valence-electron chi connectivity index (χ0n) is 10.00. The Labute approximate surface area is 93.7 Å². The fraction of sp³-hybridized carbons (Fsp3) is 0.571. The smallest absolute Gasteiger partial charge is 0.00458 e. The van der Waals surface area contributed by atoms with Crippen LogP contribution in [0.2, 0.25) is 0 Å². The summed E-state index contributed by atoms with van der Waals surface area (Å²) in [5, 5.41) is 0. The van der Waals surface area contributed by atoms with Crippen LogP contribution in [0.1, 0.15) is 37.8 Å². The molecule has 0 aliphatic rings. The van der Waals surface area contributed by atoms with Crippen molar-refractivity contribution in [2.24, 2.45) is 11.7 Å². The summed E-state index contributed by atoms with van der Waals surface area (Å²) < 4.78 is 0. The second kappa shape index (κ2) is 6.62. The van der Waals surface area contributed by atoms with Crippen LogP contribution in [0.4, 0.5) is 0 Å². The van der Waals surface area contributed by atoms with E-state index in [4.69, 9.17) is 5.73 Å². The quantitative estimate of drug-likeness (QED) is 0.758. The summed E-state index contributed by atoms with van der Waals surface area (Å²) in [6.07, 6.45) is 4.71. The number of benzene rings is 1. The van der Waals surface area contributed by atoms with Crippen LogP contribution in [0, 0.1) is 5.92 Å². The Balaban J connectivity index is 2.55. The van der Waals surface area contributed by atoms with Gasteiger partial charge in [-0.25, -0.2) is 0 Å². The molecule has 2 N–H and O–H groups in total. The molecule has 1 rings (SSSR count). The van der Waals surface area contributed by atoms with Crippen molar-refractivity contribution in [3.8, 4) is 0 Å². The van der Waals surface area contributed by atoms with Gasteiger partial charge in [0.1, 0.15) is 0 Å². The Kier molecular flexibility index (Phi) is 5.41. The number of aryl methyl sites for hydroxylation is 1. The first-order valence-corrected chi connectivity index (χ1v) is 6.08. The third-order valence-electron chi connectivity index (χ3n) is 3.00. The average molecular weight is 205 g/mol. The summed E-state index contributed by atoms with van der Waals surface area (Å²) in [5.41, 5.74) is 8.58. The predicted octanol–water partition coefficient (Wildman–Crippen LogP) is 3.17. The zero-order chi connectivity index (χ0) is 11.1. The summed E-state index contributed by atoms with van der Waals surface area (Å²) in [4.78, 5) is 0. The molecule has 1 aromatic rings. The van der Waals surface area contributed by atoms with Crippen LogP contribution in [0.3, 0.4) is 0 Å². The van der Waals surface area contributed by atoms with Crippen molar-refractivity contribution in [3.05, 3.63) is 35.4 Å². The first-order chi connectivity index (χ1) is 7.30. The molecule has 0 aromatic heterocycles. The molecule has 84 valence electrons.